The van der Waals surface area contributed by atoms with Crippen LogP contribution in [0.3, 0.4) is 0 Å². The van der Waals surface area contributed by atoms with Crippen molar-refractivity contribution < 1.29 is 0 Å². The third kappa shape index (κ3) is 5.41. The fourth-order valence-corrected chi connectivity index (χ4v) is 3.96. The lowest BCUT2D eigenvalue weighted by Crippen LogP contribution is -2.58. The van der Waals surface area contributed by atoms with Crippen LogP contribution in [0, 0.1) is 11.8 Å². The monoisotopic (exact) mass is 292 g/mol. The maximum Gasteiger partial charge on any atom is 0.0244 e. The van der Waals surface area contributed by atoms with Crippen LogP contribution in [0.2, 0.25) is 0 Å². The largest absolute Gasteiger partial charge is 0.311 e. The molecule has 2 aliphatic rings. The van der Waals surface area contributed by atoms with Gasteiger partial charge in [-0.15, -0.1) is 0 Å². The molecule has 0 aromatic carbocycles. The fraction of sp³-hybridized carbons (Fsp3) is 0.895. The number of hydrogen-bond acceptors (Lipinski definition) is 2. The van der Waals surface area contributed by atoms with E-state index in [0.29, 0.717) is 6.04 Å². The molecular weight excluding hydrogens is 256 g/mol. The van der Waals surface area contributed by atoms with E-state index in [1.807, 2.05) is 0 Å². The zero-order chi connectivity index (χ0) is 15.2. The average Bonchev–Trinajstić information content (AvgIpc) is 2.45. The molecule has 2 unspecified atom stereocenters. The Bertz CT molecular complexity index is 332. The van der Waals surface area contributed by atoms with Crippen LogP contribution in [0.5, 0.6) is 0 Å². The van der Waals surface area contributed by atoms with Gasteiger partial charge in [-0.3, -0.25) is 4.90 Å². The van der Waals surface area contributed by atoms with Crippen molar-refractivity contribution in [3.05, 3.63) is 11.6 Å². The lowest BCUT2D eigenvalue weighted by atomic mass is 9.93. The maximum absolute atomic E-state index is 3.79. The van der Waals surface area contributed by atoms with E-state index in [1.165, 1.54) is 58.2 Å². The Morgan fingerprint density at radius 2 is 2.05 bits per heavy atom. The van der Waals surface area contributed by atoms with Crippen LogP contribution in [0.4, 0.5) is 0 Å². The molecule has 122 valence electrons. The van der Waals surface area contributed by atoms with Crippen molar-refractivity contribution in [2.24, 2.45) is 11.8 Å². The molecule has 2 nitrogen and oxygen atoms in total. The van der Waals surface area contributed by atoms with Crippen molar-refractivity contribution in [3.8, 4) is 0 Å². The number of nitrogens with zero attached hydrogens (tertiary/aromatic N) is 1. The minimum atomic E-state index is 0.695. The molecule has 2 rings (SSSR count). The second kappa shape index (κ2) is 8.33. The van der Waals surface area contributed by atoms with Gasteiger partial charge in [-0.2, -0.15) is 0 Å². The smallest absolute Gasteiger partial charge is 0.0244 e. The molecular formula is C19H36N2. The molecule has 1 saturated heterocycles. The summed E-state index contributed by atoms with van der Waals surface area (Å²) in [4.78, 5) is 2.78. The van der Waals surface area contributed by atoms with Crippen molar-refractivity contribution in [3.63, 3.8) is 0 Å². The summed E-state index contributed by atoms with van der Waals surface area (Å²) < 4.78 is 0. The van der Waals surface area contributed by atoms with E-state index < -0.39 is 0 Å². The van der Waals surface area contributed by atoms with Gasteiger partial charge in [0.25, 0.3) is 0 Å². The Kier molecular flexibility index (Phi) is 6.75. The average molecular weight is 293 g/mol. The summed E-state index contributed by atoms with van der Waals surface area (Å²) in [6, 6.07) is 1.41. The molecule has 1 heterocycles. The predicted molar refractivity (Wildman–Crippen MR) is 92.6 cm³/mol. The van der Waals surface area contributed by atoms with Crippen LogP contribution in [0.1, 0.15) is 66.2 Å². The van der Waals surface area contributed by atoms with Crippen LogP contribution >= 0.6 is 0 Å². The van der Waals surface area contributed by atoms with E-state index in [4.69, 9.17) is 0 Å². The van der Waals surface area contributed by atoms with Crippen molar-refractivity contribution in [1.29, 1.82) is 0 Å². The van der Waals surface area contributed by atoms with E-state index in [9.17, 15) is 0 Å². The molecule has 0 amide bonds. The quantitative estimate of drug-likeness (QED) is 0.737. The molecule has 21 heavy (non-hydrogen) atoms. The zero-order valence-electron chi connectivity index (χ0n) is 14.7. The standard InChI is InChI=1S/C19H36N2/c1-15(2)12-18-14-21(19(13-20-18)16(3)4)11-10-17-8-6-5-7-9-17/h8,15-16,18-20H,5-7,9-14H2,1-4H3. The van der Waals surface area contributed by atoms with E-state index >= 15 is 0 Å². The number of nitrogens with one attached hydrogen (secondary N) is 1. The first-order chi connectivity index (χ1) is 10.1. The topological polar surface area (TPSA) is 15.3 Å². The SMILES string of the molecule is CC(C)CC1CN(CCC2=CCCCC2)C(C(C)C)CN1. The lowest BCUT2D eigenvalue weighted by Gasteiger charge is -2.43. The first-order valence-electron chi connectivity index (χ1n) is 9.21. The summed E-state index contributed by atoms with van der Waals surface area (Å²) in [7, 11) is 0. The highest BCUT2D eigenvalue weighted by atomic mass is 15.2. The van der Waals surface area contributed by atoms with Crippen LogP contribution in [-0.4, -0.2) is 36.6 Å². The first kappa shape index (κ1) is 17.0. The van der Waals surface area contributed by atoms with Gasteiger partial charge in [0.05, 0.1) is 0 Å². The third-order valence-corrected chi connectivity index (χ3v) is 5.17. The number of rotatable bonds is 6. The molecule has 1 aliphatic heterocycles. The molecule has 0 radical (unpaired) electrons. The summed E-state index contributed by atoms with van der Waals surface area (Å²) in [6.45, 7) is 13.1. The zero-order valence-corrected chi connectivity index (χ0v) is 14.7. The fourth-order valence-electron chi connectivity index (χ4n) is 3.96. The predicted octanol–water partition coefficient (Wildman–Crippen LogP) is 4.22. The highest BCUT2D eigenvalue weighted by molar-refractivity contribution is 5.05. The Balaban J connectivity index is 1.88. The Morgan fingerprint density at radius 1 is 1.24 bits per heavy atom. The van der Waals surface area contributed by atoms with Crippen LogP contribution in [-0.2, 0) is 0 Å². The Labute approximate surface area is 132 Å². The minimum Gasteiger partial charge on any atom is -0.311 e. The molecule has 2 atom stereocenters. The highest BCUT2D eigenvalue weighted by Gasteiger charge is 2.29. The second-order valence-corrected chi connectivity index (χ2v) is 7.90. The van der Waals surface area contributed by atoms with Crippen LogP contribution < -0.4 is 5.32 Å². The van der Waals surface area contributed by atoms with E-state index in [1.54, 1.807) is 5.57 Å². The summed E-state index contributed by atoms with van der Waals surface area (Å²) in [5.41, 5.74) is 1.72. The van der Waals surface area contributed by atoms with Gasteiger partial charge in [-0.1, -0.05) is 39.3 Å². The van der Waals surface area contributed by atoms with E-state index in [-0.39, 0.29) is 0 Å². The molecule has 0 saturated carbocycles. The second-order valence-electron chi connectivity index (χ2n) is 7.90. The molecule has 0 aromatic rings. The first-order valence-corrected chi connectivity index (χ1v) is 9.21. The molecule has 1 aliphatic carbocycles. The van der Waals surface area contributed by atoms with Gasteiger partial charge in [0.1, 0.15) is 0 Å². The molecule has 1 N–H and O–H groups in total. The van der Waals surface area contributed by atoms with Gasteiger partial charge in [0, 0.05) is 31.7 Å². The summed E-state index contributed by atoms with van der Waals surface area (Å²) in [5.74, 6) is 1.54. The van der Waals surface area contributed by atoms with Gasteiger partial charge in [0.2, 0.25) is 0 Å². The molecule has 2 heteroatoms. The molecule has 0 bridgehead atoms. The van der Waals surface area contributed by atoms with Crippen molar-refractivity contribution >= 4 is 0 Å². The Hall–Kier alpha value is -0.340. The van der Waals surface area contributed by atoms with Gasteiger partial charge in [0.15, 0.2) is 0 Å². The highest BCUT2D eigenvalue weighted by Crippen LogP contribution is 2.23. The van der Waals surface area contributed by atoms with E-state index in [0.717, 1.165) is 17.9 Å². The maximum atomic E-state index is 3.79. The number of hydrogen-bond donors (Lipinski definition) is 1. The van der Waals surface area contributed by atoms with E-state index in [2.05, 4.69) is 44.0 Å². The normalized spacial score (nSPS) is 28.2. The van der Waals surface area contributed by atoms with Gasteiger partial charge < -0.3 is 5.32 Å². The molecule has 0 aromatic heterocycles. The van der Waals surface area contributed by atoms with Crippen LogP contribution in [0.25, 0.3) is 0 Å². The molecule has 0 spiro atoms. The third-order valence-electron chi connectivity index (χ3n) is 5.17. The molecule has 1 fully saturated rings. The Morgan fingerprint density at radius 3 is 2.67 bits per heavy atom. The lowest BCUT2D eigenvalue weighted by molar-refractivity contribution is 0.0931. The van der Waals surface area contributed by atoms with Crippen molar-refractivity contribution in [2.45, 2.75) is 78.3 Å². The summed E-state index contributed by atoms with van der Waals surface area (Å²) >= 11 is 0. The van der Waals surface area contributed by atoms with Crippen molar-refractivity contribution in [1.82, 2.24) is 10.2 Å². The minimum absolute atomic E-state index is 0.695. The van der Waals surface area contributed by atoms with Gasteiger partial charge >= 0.3 is 0 Å². The number of allylic oxidation sites excluding steroid dienone is 1. The van der Waals surface area contributed by atoms with Gasteiger partial charge in [-0.25, -0.2) is 0 Å². The number of piperazine rings is 1. The summed E-state index contributed by atoms with van der Waals surface area (Å²) in [5, 5.41) is 3.79. The van der Waals surface area contributed by atoms with Gasteiger partial charge in [-0.05, 0) is 50.4 Å². The summed E-state index contributed by atoms with van der Waals surface area (Å²) in [6.07, 6.45) is 10.6. The van der Waals surface area contributed by atoms with Crippen molar-refractivity contribution in [2.75, 3.05) is 19.6 Å². The van der Waals surface area contributed by atoms with Crippen LogP contribution in [0.15, 0.2) is 11.6 Å².